The van der Waals surface area contributed by atoms with Crippen molar-refractivity contribution in [3.8, 4) is 11.5 Å². The molecule has 2 aromatic rings. The number of hydrogen-bond donors (Lipinski definition) is 2. The van der Waals surface area contributed by atoms with Gasteiger partial charge in [-0.1, -0.05) is 0 Å². The Bertz CT molecular complexity index is 715. The maximum absolute atomic E-state index is 10.9. The molecule has 0 radical (unpaired) electrons. The monoisotopic (exact) mass is 347 g/mol. The summed E-state index contributed by atoms with van der Waals surface area (Å²) < 4.78 is 12.4. The van der Waals surface area contributed by atoms with E-state index >= 15 is 0 Å². The molecule has 0 atom stereocenters. The molecule has 1 heterocycles. The van der Waals surface area contributed by atoms with E-state index in [1.54, 1.807) is 37.8 Å². The number of nitrogens with one attached hydrogen (secondary N) is 2. The van der Waals surface area contributed by atoms with Crippen molar-refractivity contribution in [2.45, 2.75) is 13.0 Å². The first-order valence-corrected chi connectivity index (χ1v) is 7.66. The van der Waals surface area contributed by atoms with Crippen LogP contribution < -0.4 is 20.1 Å². The maximum atomic E-state index is 10.9. The molecule has 0 amide bonds. The zero-order valence-electron chi connectivity index (χ0n) is 14.1. The molecule has 25 heavy (non-hydrogen) atoms. The van der Waals surface area contributed by atoms with Crippen LogP contribution in [0.25, 0.3) is 0 Å². The molecular weight excluding hydrogens is 326 g/mol. The molecule has 2 rings (SSSR count). The van der Waals surface area contributed by atoms with E-state index in [0.717, 1.165) is 19.2 Å². The normalized spacial score (nSPS) is 11.0. The van der Waals surface area contributed by atoms with Crippen LogP contribution in [0, 0.1) is 10.1 Å². The van der Waals surface area contributed by atoms with Crippen LogP contribution in [-0.2, 0) is 6.54 Å². The summed E-state index contributed by atoms with van der Waals surface area (Å²) in [5, 5.41) is 16.9. The van der Waals surface area contributed by atoms with Crippen LogP contribution in [0.1, 0.15) is 6.42 Å². The lowest BCUT2D eigenvalue weighted by atomic mass is 10.2. The number of nitrogens with zero attached hydrogens (tertiary/aromatic N) is 3. The average Bonchev–Trinajstić information content (AvgIpc) is 3.11. The van der Waals surface area contributed by atoms with E-state index in [4.69, 9.17) is 9.47 Å². The smallest absolute Gasteiger partial charge is 0.274 e. The third kappa shape index (κ3) is 5.72. The zero-order valence-corrected chi connectivity index (χ0v) is 14.1. The second-order valence-corrected chi connectivity index (χ2v) is 5.10. The number of hydrogen-bond acceptors (Lipinski definition) is 7. The van der Waals surface area contributed by atoms with Gasteiger partial charge in [0, 0.05) is 31.5 Å². The van der Waals surface area contributed by atoms with Crippen molar-refractivity contribution in [2.24, 2.45) is 0 Å². The Morgan fingerprint density at radius 1 is 1.40 bits per heavy atom. The fourth-order valence-electron chi connectivity index (χ4n) is 2.18. The summed E-state index contributed by atoms with van der Waals surface area (Å²) in [5.74, 6) is 1.43. The topological polar surface area (TPSA) is 103 Å². The molecule has 9 nitrogen and oxygen atoms in total. The quantitative estimate of drug-likeness (QED) is 0.385. The second-order valence-electron chi connectivity index (χ2n) is 5.10. The minimum atomic E-state index is -0.513. The Balaban J connectivity index is 1.99. The molecule has 9 heteroatoms. The molecule has 0 aliphatic rings. The van der Waals surface area contributed by atoms with Gasteiger partial charge in [0.15, 0.2) is 5.82 Å². The number of rotatable bonds is 10. The molecule has 0 unspecified atom stereocenters. The van der Waals surface area contributed by atoms with Gasteiger partial charge in [0.25, 0.3) is 6.20 Å². The molecule has 2 N–H and O–H groups in total. The van der Waals surface area contributed by atoms with Gasteiger partial charge in [-0.25, -0.2) is 4.98 Å². The molecule has 0 aliphatic carbocycles. The van der Waals surface area contributed by atoms with Gasteiger partial charge in [0.1, 0.15) is 11.5 Å². The van der Waals surface area contributed by atoms with Gasteiger partial charge >= 0.3 is 0 Å². The molecule has 1 aromatic heterocycles. The largest absolute Gasteiger partial charge is 0.497 e. The first-order valence-electron chi connectivity index (χ1n) is 7.66. The number of aromatic nitrogens is 2. The van der Waals surface area contributed by atoms with Gasteiger partial charge < -0.3 is 24.7 Å². The van der Waals surface area contributed by atoms with Gasteiger partial charge in [-0.05, 0) is 18.6 Å². The first kappa shape index (κ1) is 18.1. The van der Waals surface area contributed by atoms with Crippen LogP contribution in [0.2, 0.25) is 0 Å². The average molecular weight is 347 g/mol. The molecule has 0 bridgehead atoms. The highest BCUT2D eigenvalue weighted by atomic mass is 16.6. The Kier molecular flexibility index (Phi) is 6.64. The first-order chi connectivity index (χ1) is 12.1. The summed E-state index contributed by atoms with van der Waals surface area (Å²) in [6.45, 7) is 1.33. The predicted octanol–water partition coefficient (Wildman–Crippen LogP) is 2.07. The molecule has 0 aliphatic heterocycles. The number of imidazole rings is 1. The maximum Gasteiger partial charge on any atom is 0.274 e. The van der Waals surface area contributed by atoms with E-state index in [1.165, 1.54) is 7.11 Å². The Morgan fingerprint density at radius 3 is 2.88 bits per heavy atom. The number of ether oxygens (including phenoxy) is 2. The van der Waals surface area contributed by atoms with Crippen molar-refractivity contribution in [1.82, 2.24) is 14.9 Å². The minimum absolute atomic E-state index is 0.277. The van der Waals surface area contributed by atoms with Crippen molar-refractivity contribution in [3.05, 3.63) is 59.1 Å². The number of nitro groups is 1. The molecule has 0 saturated carbocycles. The van der Waals surface area contributed by atoms with Gasteiger partial charge in [0.05, 0.1) is 31.2 Å². The highest BCUT2D eigenvalue weighted by Gasteiger charge is 2.09. The minimum Gasteiger partial charge on any atom is -0.497 e. The number of anilines is 1. The summed E-state index contributed by atoms with van der Waals surface area (Å²) in [4.78, 5) is 14.3. The summed E-state index contributed by atoms with van der Waals surface area (Å²) in [6, 6.07) is 5.18. The lowest BCUT2D eigenvalue weighted by Crippen LogP contribution is -2.23. The van der Waals surface area contributed by atoms with Gasteiger partial charge in [0.2, 0.25) is 0 Å². The number of aryl methyl sites for hydroxylation is 1. The summed E-state index contributed by atoms with van der Waals surface area (Å²) in [6.07, 6.45) is 6.99. The number of benzene rings is 1. The Hall–Kier alpha value is -3.23. The molecule has 1 aromatic carbocycles. The van der Waals surface area contributed by atoms with Gasteiger partial charge in [-0.3, -0.25) is 10.1 Å². The van der Waals surface area contributed by atoms with Crippen molar-refractivity contribution in [3.63, 3.8) is 0 Å². The molecule has 0 saturated heterocycles. The van der Waals surface area contributed by atoms with Crippen LogP contribution in [0.15, 0.2) is 48.9 Å². The highest BCUT2D eigenvalue weighted by Crippen LogP contribution is 2.29. The van der Waals surface area contributed by atoms with Gasteiger partial charge in [-0.2, -0.15) is 0 Å². The zero-order chi connectivity index (χ0) is 18.1. The predicted molar refractivity (Wildman–Crippen MR) is 93.1 cm³/mol. The molecular formula is C16H21N5O4. The third-order valence-electron chi connectivity index (χ3n) is 3.38. The van der Waals surface area contributed by atoms with Crippen LogP contribution in [0.5, 0.6) is 11.5 Å². The van der Waals surface area contributed by atoms with Crippen molar-refractivity contribution in [2.75, 3.05) is 26.1 Å². The van der Waals surface area contributed by atoms with Crippen LogP contribution in [0.4, 0.5) is 5.69 Å². The third-order valence-corrected chi connectivity index (χ3v) is 3.38. The second kappa shape index (κ2) is 9.16. The van der Waals surface area contributed by atoms with E-state index in [1.807, 2.05) is 10.8 Å². The fourth-order valence-corrected chi connectivity index (χ4v) is 2.18. The fraction of sp³-hybridized carbons (Fsp3) is 0.312. The van der Waals surface area contributed by atoms with E-state index in [9.17, 15) is 10.1 Å². The molecule has 0 spiro atoms. The van der Waals surface area contributed by atoms with Crippen LogP contribution in [-0.4, -0.2) is 35.2 Å². The highest BCUT2D eigenvalue weighted by molar-refractivity contribution is 5.61. The van der Waals surface area contributed by atoms with Crippen molar-refractivity contribution >= 4 is 5.69 Å². The van der Waals surface area contributed by atoms with Crippen molar-refractivity contribution < 1.29 is 14.4 Å². The Morgan fingerprint density at radius 2 is 2.24 bits per heavy atom. The SMILES string of the molecule is COc1ccc(NC(=C[N+](=O)[O-])NCCCn2ccnc2)c(OC)c1. The van der Waals surface area contributed by atoms with E-state index in [0.29, 0.717) is 23.7 Å². The standard InChI is InChI=1S/C16H21N5O4/c1-24-13-4-5-14(15(10-13)25-2)19-16(11-21(22)23)18-6-3-8-20-9-7-17-12-20/h4-5,7,9-12,18-19H,3,6,8H2,1-2H3. The van der Waals surface area contributed by atoms with E-state index in [-0.39, 0.29) is 5.82 Å². The lowest BCUT2D eigenvalue weighted by Gasteiger charge is -2.15. The Labute approximate surface area is 145 Å². The molecule has 134 valence electrons. The number of methoxy groups -OCH3 is 2. The van der Waals surface area contributed by atoms with Crippen molar-refractivity contribution in [1.29, 1.82) is 0 Å². The summed E-state index contributed by atoms with van der Waals surface area (Å²) in [5.41, 5.74) is 0.596. The van der Waals surface area contributed by atoms with Crippen LogP contribution >= 0.6 is 0 Å². The molecule has 0 fully saturated rings. The summed E-state index contributed by atoms with van der Waals surface area (Å²) >= 11 is 0. The van der Waals surface area contributed by atoms with E-state index in [2.05, 4.69) is 15.6 Å². The van der Waals surface area contributed by atoms with Crippen LogP contribution in [0.3, 0.4) is 0 Å². The lowest BCUT2D eigenvalue weighted by molar-refractivity contribution is -0.403. The van der Waals surface area contributed by atoms with E-state index < -0.39 is 4.92 Å². The van der Waals surface area contributed by atoms with Gasteiger partial charge in [-0.15, -0.1) is 0 Å². The summed E-state index contributed by atoms with van der Waals surface area (Å²) in [7, 11) is 3.08.